The molecule has 1 rings (SSSR count). The molecule has 0 fully saturated rings. The van der Waals surface area contributed by atoms with Gasteiger partial charge >= 0.3 is 0 Å². The van der Waals surface area contributed by atoms with Crippen molar-refractivity contribution in [2.45, 2.75) is 19.9 Å². The summed E-state index contributed by atoms with van der Waals surface area (Å²) in [6, 6.07) is 0.132. The number of halogens is 1. The zero-order valence-electron chi connectivity index (χ0n) is 8.75. The van der Waals surface area contributed by atoms with Gasteiger partial charge in [-0.1, -0.05) is 13.8 Å². The van der Waals surface area contributed by atoms with Crippen LogP contribution in [0.2, 0.25) is 0 Å². The van der Waals surface area contributed by atoms with Gasteiger partial charge in [-0.3, -0.25) is 4.79 Å². The third-order valence-corrected chi connectivity index (χ3v) is 3.18. The van der Waals surface area contributed by atoms with E-state index in [1.165, 1.54) is 6.33 Å². The van der Waals surface area contributed by atoms with Crippen molar-refractivity contribution in [1.29, 1.82) is 0 Å². The molecule has 1 unspecified atom stereocenters. The van der Waals surface area contributed by atoms with Crippen molar-refractivity contribution >= 4 is 28.4 Å². The number of nitrogens with one attached hydrogen (secondary N) is 2. The summed E-state index contributed by atoms with van der Waals surface area (Å²) in [6.45, 7) is 4.66. The largest absolute Gasteiger partial charge is 0.365 e. The average molecular weight is 322 g/mol. The molecule has 0 amide bonds. The fourth-order valence-corrected chi connectivity index (χ4v) is 1.61. The molecule has 0 radical (unpaired) electrons. The van der Waals surface area contributed by atoms with E-state index in [2.05, 4.69) is 29.1 Å². The number of nitrogens with two attached hydrogens (primary N) is 1. The highest BCUT2D eigenvalue weighted by molar-refractivity contribution is 14.1. The molecule has 0 aliphatic rings. The van der Waals surface area contributed by atoms with Gasteiger partial charge in [0.25, 0.3) is 5.56 Å². The van der Waals surface area contributed by atoms with Crippen molar-refractivity contribution in [3.05, 3.63) is 20.3 Å². The molecule has 5 nitrogen and oxygen atoms in total. The molecule has 0 aromatic carbocycles. The van der Waals surface area contributed by atoms with Gasteiger partial charge in [0.15, 0.2) is 0 Å². The van der Waals surface area contributed by atoms with E-state index < -0.39 is 0 Å². The van der Waals surface area contributed by atoms with Gasteiger partial charge in [-0.2, -0.15) is 0 Å². The molecule has 1 atom stereocenters. The molecular weight excluding hydrogens is 307 g/mol. The van der Waals surface area contributed by atoms with Crippen LogP contribution < -0.4 is 16.6 Å². The van der Waals surface area contributed by atoms with Crippen LogP contribution in [0, 0.1) is 9.49 Å². The Morgan fingerprint density at radius 2 is 2.33 bits per heavy atom. The predicted molar refractivity (Wildman–Crippen MR) is 68.9 cm³/mol. The first kappa shape index (κ1) is 12.4. The Labute approximate surface area is 102 Å². The molecular formula is C9H15IN4O. The second-order valence-corrected chi connectivity index (χ2v) is 4.70. The number of H-pyrrole nitrogens is 1. The molecule has 0 aliphatic carbocycles. The van der Waals surface area contributed by atoms with Crippen LogP contribution in [0.25, 0.3) is 0 Å². The lowest BCUT2D eigenvalue weighted by molar-refractivity contribution is 0.529. The molecule has 15 heavy (non-hydrogen) atoms. The first-order chi connectivity index (χ1) is 7.06. The first-order valence-electron chi connectivity index (χ1n) is 4.76. The molecule has 0 aliphatic heterocycles. The van der Waals surface area contributed by atoms with E-state index >= 15 is 0 Å². The van der Waals surface area contributed by atoms with Gasteiger partial charge in [0.2, 0.25) is 0 Å². The standard InChI is InChI=1S/C9H15IN4O/c1-5(2)6(3-11)14-8-7(10)9(15)13-4-12-8/h4-6H,3,11H2,1-2H3,(H2,12,13,14,15). The summed E-state index contributed by atoms with van der Waals surface area (Å²) in [5.41, 5.74) is 5.50. The number of hydrogen-bond donors (Lipinski definition) is 3. The number of hydrogen-bond acceptors (Lipinski definition) is 4. The molecule has 0 bridgehead atoms. The van der Waals surface area contributed by atoms with Gasteiger partial charge < -0.3 is 16.0 Å². The van der Waals surface area contributed by atoms with Crippen molar-refractivity contribution in [1.82, 2.24) is 9.97 Å². The summed E-state index contributed by atoms with van der Waals surface area (Å²) >= 11 is 1.97. The van der Waals surface area contributed by atoms with Crippen molar-refractivity contribution in [3.63, 3.8) is 0 Å². The maximum absolute atomic E-state index is 11.3. The zero-order valence-corrected chi connectivity index (χ0v) is 10.9. The molecule has 0 spiro atoms. The van der Waals surface area contributed by atoms with Crippen molar-refractivity contribution in [3.8, 4) is 0 Å². The molecule has 84 valence electrons. The quantitative estimate of drug-likeness (QED) is 0.715. The minimum absolute atomic E-state index is 0.132. The van der Waals surface area contributed by atoms with E-state index in [4.69, 9.17) is 5.73 Å². The van der Waals surface area contributed by atoms with E-state index in [-0.39, 0.29) is 11.6 Å². The Bertz CT molecular complexity index is 377. The number of aromatic amines is 1. The van der Waals surface area contributed by atoms with Crippen molar-refractivity contribution in [2.75, 3.05) is 11.9 Å². The van der Waals surface area contributed by atoms with E-state index in [0.29, 0.717) is 21.9 Å². The van der Waals surface area contributed by atoms with Crippen LogP contribution >= 0.6 is 22.6 Å². The first-order valence-corrected chi connectivity index (χ1v) is 5.84. The summed E-state index contributed by atoms with van der Waals surface area (Å²) in [4.78, 5) is 17.9. The molecule has 1 heterocycles. The molecule has 0 saturated heterocycles. The van der Waals surface area contributed by atoms with Crippen LogP contribution in [0.4, 0.5) is 5.82 Å². The molecule has 6 heteroatoms. The minimum Gasteiger partial charge on any atom is -0.365 e. The highest BCUT2D eigenvalue weighted by Crippen LogP contribution is 2.13. The summed E-state index contributed by atoms with van der Waals surface area (Å²) in [5.74, 6) is 0.996. The third-order valence-electron chi connectivity index (χ3n) is 2.18. The Hall–Kier alpha value is -0.630. The number of aromatic nitrogens is 2. The minimum atomic E-state index is -0.132. The van der Waals surface area contributed by atoms with Gasteiger partial charge in [-0.15, -0.1) is 0 Å². The van der Waals surface area contributed by atoms with E-state index in [1.807, 2.05) is 22.6 Å². The molecule has 1 aromatic rings. The maximum Gasteiger partial charge on any atom is 0.266 e. The maximum atomic E-state index is 11.3. The third kappa shape index (κ3) is 3.16. The van der Waals surface area contributed by atoms with Crippen LogP contribution in [0.15, 0.2) is 11.1 Å². The van der Waals surface area contributed by atoms with Crippen LogP contribution in [0.3, 0.4) is 0 Å². The monoisotopic (exact) mass is 322 g/mol. The second kappa shape index (κ2) is 5.45. The van der Waals surface area contributed by atoms with Gasteiger partial charge in [0.1, 0.15) is 9.39 Å². The smallest absolute Gasteiger partial charge is 0.266 e. The molecule has 4 N–H and O–H groups in total. The number of anilines is 1. The summed E-state index contributed by atoms with van der Waals surface area (Å²) in [5, 5.41) is 3.17. The fraction of sp³-hybridized carbons (Fsp3) is 0.556. The Morgan fingerprint density at radius 1 is 1.67 bits per heavy atom. The highest BCUT2D eigenvalue weighted by Gasteiger charge is 2.14. The van der Waals surface area contributed by atoms with Gasteiger partial charge in [-0.25, -0.2) is 4.98 Å². The van der Waals surface area contributed by atoms with Crippen molar-refractivity contribution < 1.29 is 0 Å². The van der Waals surface area contributed by atoms with E-state index in [0.717, 1.165) is 0 Å². The van der Waals surface area contributed by atoms with Gasteiger partial charge in [0, 0.05) is 12.6 Å². The second-order valence-electron chi connectivity index (χ2n) is 3.62. The molecule has 1 aromatic heterocycles. The highest BCUT2D eigenvalue weighted by atomic mass is 127. The van der Waals surface area contributed by atoms with Crippen molar-refractivity contribution in [2.24, 2.45) is 11.7 Å². The normalized spacial score (nSPS) is 12.9. The Balaban J connectivity index is 2.88. The van der Waals surface area contributed by atoms with Crippen LogP contribution in [0.1, 0.15) is 13.8 Å². The average Bonchev–Trinajstić information content (AvgIpc) is 2.19. The lowest BCUT2D eigenvalue weighted by atomic mass is 10.1. The van der Waals surface area contributed by atoms with Gasteiger partial charge in [0.05, 0.1) is 6.33 Å². The fourth-order valence-electron chi connectivity index (χ4n) is 1.16. The van der Waals surface area contributed by atoms with E-state index in [9.17, 15) is 4.79 Å². The van der Waals surface area contributed by atoms with E-state index in [1.54, 1.807) is 0 Å². The Kier molecular flexibility index (Phi) is 4.52. The molecule has 0 saturated carbocycles. The SMILES string of the molecule is CC(C)C(CN)Nc1nc[nH]c(=O)c1I. The summed E-state index contributed by atoms with van der Waals surface area (Å²) in [6.07, 6.45) is 1.39. The Morgan fingerprint density at radius 3 is 2.87 bits per heavy atom. The van der Waals surface area contributed by atoms with Gasteiger partial charge in [-0.05, 0) is 28.5 Å². The summed E-state index contributed by atoms with van der Waals surface area (Å²) < 4.78 is 0.564. The topological polar surface area (TPSA) is 83.8 Å². The number of rotatable bonds is 4. The zero-order chi connectivity index (χ0) is 11.4. The van der Waals surface area contributed by atoms with Crippen LogP contribution in [-0.4, -0.2) is 22.6 Å². The summed E-state index contributed by atoms with van der Waals surface area (Å²) in [7, 11) is 0. The van der Waals surface area contributed by atoms with Crippen LogP contribution in [0.5, 0.6) is 0 Å². The lowest BCUT2D eigenvalue weighted by Gasteiger charge is -2.21. The predicted octanol–water partition coefficient (Wildman–Crippen LogP) is 0.770. The van der Waals surface area contributed by atoms with Crippen LogP contribution in [-0.2, 0) is 0 Å². The number of nitrogens with zero attached hydrogens (tertiary/aromatic N) is 1. The lowest BCUT2D eigenvalue weighted by Crippen LogP contribution is -2.35.